The zero-order chi connectivity index (χ0) is 21.8. The third-order valence-corrected chi connectivity index (χ3v) is 3.38. The molecule has 0 aromatic carbocycles. The third kappa shape index (κ3) is 15.1. The molecule has 2 amide bonds. The molecule has 8 nitrogen and oxygen atoms in total. The van der Waals surface area contributed by atoms with Crippen LogP contribution in [-0.4, -0.2) is 54.8 Å². The van der Waals surface area contributed by atoms with Gasteiger partial charge in [0.25, 0.3) is 0 Å². The smallest absolute Gasteiger partial charge is 0.407 e. The largest absolute Gasteiger partial charge is 0.444 e. The molecule has 0 heterocycles. The summed E-state index contributed by atoms with van der Waals surface area (Å²) in [5.41, 5.74) is -0.827. The van der Waals surface area contributed by atoms with Crippen molar-refractivity contribution in [3.05, 3.63) is 0 Å². The monoisotopic (exact) mass is 399 g/mol. The number of unbranched alkanes of at least 4 members (excludes halogenated alkanes) is 1. The van der Waals surface area contributed by atoms with E-state index in [4.69, 9.17) is 4.74 Å². The first-order valence-electron chi connectivity index (χ1n) is 10.2. The Labute approximate surface area is 170 Å². The summed E-state index contributed by atoms with van der Waals surface area (Å²) in [6.07, 6.45) is 2.48. The molecule has 1 atom stereocenters. The number of nitrogens with zero attached hydrogens (tertiary/aromatic N) is 1. The molecule has 28 heavy (non-hydrogen) atoms. The molecular weight excluding hydrogens is 358 g/mol. The van der Waals surface area contributed by atoms with E-state index in [9.17, 15) is 9.59 Å². The van der Waals surface area contributed by atoms with E-state index in [1.165, 1.54) is 0 Å². The second-order valence-corrected chi connectivity index (χ2v) is 8.86. The molecule has 0 aliphatic heterocycles. The lowest BCUT2D eigenvalue weighted by Gasteiger charge is -2.24. The van der Waals surface area contributed by atoms with Gasteiger partial charge in [0.15, 0.2) is 5.96 Å². The topological polar surface area (TPSA) is 104 Å². The Balaban J connectivity index is 4.88. The van der Waals surface area contributed by atoms with Crippen molar-refractivity contribution in [1.29, 1.82) is 0 Å². The van der Waals surface area contributed by atoms with Crippen molar-refractivity contribution < 1.29 is 14.3 Å². The van der Waals surface area contributed by atoms with Gasteiger partial charge in [-0.25, -0.2) is 9.79 Å². The number of nitrogens with one attached hydrogen (secondary N) is 4. The average molecular weight is 400 g/mol. The molecule has 4 N–H and O–H groups in total. The number of alkyl carbamates (subject to hydrolysis) is 1. The van der Waals surface area contributed by atoms with Crippen LogP contribution in [0.2, 0.25) is 0 Å². The molecule has 0 saturated heterocycles. The van der Waals surface area contributed by atoms with Crippen LogP contribution >= 0.6 is 0 Å². The molecule has 0 aromatic rings. The van der Waals surface area contributed by atoms with Gasteiger partial charge < -0.3 is 26.0 Å². The second kappa shape index (κ2) is 12.5. The Morgan fingerprint density at radius 2 is 1.68 bits per heavy atom. The molecule has 164 valence electrons. The van der Waals surface area contributed by atoms with Crippen molar-refractivity contribution in [2.75, 3.05) is 19.6 Å². The van der Waals surface area contributed by atoms with Crippen LogP contribution in [0.25, 0.3) is 0 Å². The summed E-state index contributed by atoms with van der Waals surface area (Å²) in [5.74, 6) is 0.417. The summed E-state index contributed by atoms with van der Waals surface area (Å²) in [4.78, 5) is 28.3. The molecule has 0 aliphatic rings. The lowest BCUT2D eigenvalue weighted by molar-refractivity contribution is -0.121. The highest BCUT2D eigenvalue weighted by atomic mass is 16.6. The second-order valence-electron chi connectivity index (χ2n) is 8.86. The molecule has 8 heteroatoms. The van der Waals surface area contributed by atoms with E-state index in [1.54, 1.807) is 0 Å². The SMILES string of the molecule is CCCCC(CNC(=O)OC(C)(C)C)NC(=NCC(=O)NC(C)(C)C)NCC. The molecule has 1 unspecified atom stereocenters. The predicted octanol–water partition coefficient (Wildman–Crippen LogP) is 2.54. The van der Waals surface area contributed by atoms with Gasteiger partial charge in [0.2, 0.25) is 5.91 Å². The minimum Gasteiger partial charge on any atom is -0.444 e. The molecule has 0 spiro atoms. The highest BCUT2D eigenvalue weighted by molar-refractivity contribution is 5.85. The van der Waals surface area contributed by atoms with Crippen molar-refractivity contribution in [3.8, 4) is 0 Å². The summed E-state index contributed by atoms with van der Waals surface area (Å²) in [6.45, 7) is 16.5. The van der Waals surface area contributed by atoms with Crippen molar-refractivity contribution in [2.45, 2.75) is 91.8 Å². The molecule has 0 rings (SSSR count). The first-order valence-corrected chi connectivity index (χ1v) is 10.2. The number of carbonyl (C=O) groups excluding carboxylic acids is 2. The number of ether oxygens (including phenoxy) is 1. The minimum absolute atomic E-state index is 0.0176. The summed E-state index contributed by atoms with van der Waals surface area (Å²) in [6, 6.07) is -0.0176. The van der Waals surface area contributed by atoms with Gasteiger partial charge in [-0.2, -0.15) is 0 Å². The maximum atomic E-state index is 12.0. The van der Waals surface area contributed by atoms with E-state index in [0.717, 1.165) is 19.3 Å². The van der Waals surface area contributed by atoms with Crippen LogP contribution in [0.1, 0.15) is 74.7 Å². The van der Waals surface area contributed by atoms with Gasteiger partial charge in [0.1, 0.15) is 12.1 Å². The average Bonchev–Trinajstić information content (AvgIpc) is 2.51. The summed E-state index contributed by atoms with van der Waals surface area (Å²) in [5, 5.41) is 12.2. The Bertz CT molecular complexity index is 507. The molecule has 0 aliphatic carbocycles. The molecule has 0 radical (unpaired) electrons. The van der Waals surface area contributed by atoms with Gasteiger partial charge in [-0.1, -0.05) is 19.8 Å². The fourth-order valence-electron chi connectivity index (χ4n) is 2.32. The first-order chi connectivity index (χ1) is 12.9. The number of hydrogen-bond donors (Lipinski definition) is 4. The van der Waals surface area contributed by atoms with E-state index >= 15 is 0 Å². The number of carbonyl (C=O) groups is 2. The Morgan fingerprint density at radius 1 is 1.04 bits per heavy atom. The highest BCUT2D eigenvalue weighted by Crippen LogP contribution is 2.07. The minimum atomic E-state index is -0.534. The van der Waals surface area contributed by atoms with Crippen LogP contribution in [0.3, 0.4) is 0 Å². The Morgan fingerprint density at radius 3 is 2.18 bits per heavy atom. The van der Waals surface area contributed by atoms with Crippen molar-refractivity contribution >= 4 is 18.0 Å². The van der Waals surface area contributed by atoms with Gasteiger partial charge in [-0.3, -0.25) is 4.79 Å². The van der Waals surface area contributed by atoms with E-state index in [1.807, 2.05) is 48.5 Å². The van der Waals surface area contributed by atoms with Gasteiger partial charge >= 0.3 is 6.09 Å². The van der Waals surface area contributed by atoms with Gasteiger partial charge in [-0.15, -0.1) is 0 Å². The maximum Gasteiger partial charge on any atom is 0.407 e. The summed E-state index contributed by atoms with van der Waals surface area (Å²) >= 11 is 0. The van der Waals surface area contributed by atoms with Crippen LogP contribution in [0.4, 0.5) is 4.79 Å². The zero-order valence-corrected chi connectivity index (χ0v) is 19.0. The number of amides is 2. The van der Waals surface area contributed by atoms with Crippen LogP contribution in [0, 0.1) is 0 Å². The Hall–Kier alpha value is -1.99. The standard InChI is InChI=1S/C20H41N5O3/c1-9-11-12-15(13-23-18(27)28-20(6,7)8)24-17(21-10-2)22-14-16(26)25-19(3,4)5/h15H,9-14H2,1-8H3,(H,23,27)(H,25,26)(H2,21,22,24). The number of rotatable bonds is 9. The third-order valence-electron chi connectivity index (χ3n) is 3.38. The van der Waals surface area contributed by atoms with E-state index in [0.29, 0.717) is 19.0 Å². The lowest BCUT2D eigenvalue weighted by Crippen LogP contribution is -2.49. The van der Waals surface area contributed by atoms with Crippen molar-refractivity contribution in [1.82, 2.24) is 21.3 Å². The normalized spacial score (nSPS) is 13.5. The van der Waals surface area contributed by atoms with Crippen molar-refractivity contribution in [2.24, 2.45) is 4.99 Å². The van der Waals surface area contributed by atoms with Gasteiger partial charge in [0.05, 0.1) is 0 Å². The molecule has 0 saturated carbocycles. The van der Waals surface area contributed by atoms with Crippen LogP contribution in [0.15, 0.2) is 4.99 Å². The van der Waals surface area contributed by atoms with Crippen LogP contribution in [0.5, 0.6) is 0 Å². The van der Waals surface area contributed by atoms with E-state index in [2.05, 4.69) is 33.2 Å². The lowest BCUT2D eigenvalue weighted by atomic mass is 10.1. The fourth-order valence-corrected chi connectivity index (χ4v) is 2.32. The number of hydrogen-bond acceptors (Lipinski definition) is 4. The number of aliphatic imine (C=N–C) groups is 1. The molecule has 0 fully saturated rings. The van der Waals surface area contributed by atoms with Gasteiger partial charge in [0, 0.05) is 24.7 Å². The quantitative estimate of drug-likeness (QED) is 0.352. The van der Waals surface area contributed by atoms with Crippen molar-refractivity contribution in [3.63, 3.8) is 0 Å². The summed E-state index contributed by atoms with van der Waals surface area (Å²) in [7, 11) is 0. The van der Waals surface area contributed by atoms with Crippen LogP contribution in [-0.2, 0) is 9.53 Å². The van der Waals surface area contributed by atoms with E-state index < -0.39 is 11.7 Å². The predicted molar refractivity (Wildman–Crippen MR) is 115 cm³/mol. The highest BCUT2D eigenvalue weighted by Gasteiger charge is 2.18. The zero-order valence-electron chi connectivity index (χ0n) is 19.0. The van der Waals surface area contributed by atoms with Gasteiger partial charge in [-0.05, 0) is 54.9 Å². The molecular formula is C20H41N5O3. The van der Waals surface area contributed by atoms with E-state index in [-0.39, 0.29) is 24.0 Å². The summed E-state index contributed by atoms with van der Waals surface area (Å²) < 4.78 is 5.29. The molecule has 0 aromatic heterocycles. The first kappa shape index (κ1) is 26.0. The maximum absolute atomic E-state index is 12.0. The number of guanidine groups is 1. The van der Waals surface area contributed by atoms with Crippen LogP contribution < -0.4 is 21.3 Å². The Kier molecular flexibility index (Phi) is 11.6. The molecule has 0 bridgehead atoms. The fraction of sp³-hybridized carbons (Fsp3) is 0.850.